The van der Waals surface area contributed by atoms with E-state index in [-0.39, 0.29) is 44.7 Å². The molecule has 6 fully saturated rings. The van der Waals surface area contributed by atoms with Crippen molar-refractivity contribution in [1.82, 2.24) is 0 Å². The molecule has 3 heteroatoms. The number of hydrogen-bond acceptors (Lipinski definition) is 3. The molecule has 1 heterocycles. The molecule has 186 valence electrons. The van der Waals surface area contributed by atoms with Crippen molar-refractivity contribution < 1.29 is 14.6 Å². The second kappa shape index (κ2) is 6.40. The smallest absolute Gasteiger partial charge is 0.313 e. The van der Waals surface area contributed by atoms with Gasteiger partial charge in [0.15, 0.2) is 0 Å². The van der Waals surface area contributed by atoms with E-state index in [2.05, 4.69) is 48.5 Å². The summed E-state index contributed by atoms with van der Waals surface area (Å²) in [5, 5.41) is 10.9. The summed E-state index contributed by atoms with van der Waals surface area (Å²) in [5.74, 6) is 3.02. The third-order valence-electron chi connectivity index (χ3n) is 14.3. The average Bonchev–Trinajstić information content (AvgIpc) is 2.95. The molecule has 5 aliphatic carbocycles. The number of fused-ring (bicyclic) bond motifs is 4. The van der Waals surface area contributed by atoms with E-state index in [4.69, 9.17) is 4.74 Å². The van der Waals surface area contributed by atoms with Crippen molar-refractivity contribution in [3.05, 3.63) is 0 Å². The molecule has 0 aromatic carbocycles. The third kappa shape index (κ3) is 2.27. The molecule has 0 aromatic rings. The summed E-state index contributed by atoms with van der Waals surface area (Å²) in [6.07, 6.45) is 11.0. The van der Waals surface area contributed by atoms with E-state index in [1.54, 1.807) is 0 Å². The predicted molar refractivity (Wildman–Crippen MR) is 130 cm³/mol. The Balaban J connectivity index is 1.47. The molecule has 11 atom stereocenters. The predicted octanol–water partition coefficient (Wildman–Crippen LogP) is 6.76. The van der Waals surface area contributed by atoms with Crippen LogP contribution in [0.5, 0.6) is 0 Å². The first-order chi connectivity index (χ1) is 15.3. The molecular weight excluding hydrogens is 408 g/mol. The first-order valence-electron chi connectivity index (χ1n) is 14.2. The SMILES string of the molecule is C[C@H]1[C@H](C)CC[C@@]23CC[C@]4(C)[C@@](CC[C@@H]5[C@@]6(C)CC[C@@H](O)C(C)(C)[C@@H]6CC[C@]54C)(OC2=O)[C@H]13. The summed E-state index contributed by atoms with van der Waals surface area (Å²) in [6, 6.07) is 0. The molecule has 0 amide bonds. The number of hydrogen-bond donors (Lipinski definition) is 1. The number of carbonyl (C=O) groups is 1. The summed E-state index contributed by atoms with van der Waals surface area (Å²) in [6.45, 7) is 17.2. The van der Waals surface area contributed by atoms with E-state index in [1.807, 2.05) is 0 Å². The van der Waals surface area contributed by atoms with E-state index >= 15 is 0 Å². The minimum absolute atomic E-state index is 0.0147. The highest BCUT2D eigenvalue weighted by molar-refractivity contribution is 5.82. The van der Waals surface area contributed by atoms with Crippen LogP contribution in [-0.2, 0) is 9.53 Å². The standard InChI is InChI=1S/C30H48O3/c1-18-8-14-29-17-16-28(7)27(6)13-9-20-25(3,4)22(31)11-12-26(20,5)21(27)10-15-30(28,33-24(29)32)23(29)19(18)2/h18-23,31H,8-17H2,1-7H3/t18-,19+,20+,21-,22-,23-,26+,27-,28+,29+,30+/m1/s1. The van der Waals surface area contributed by atoms with Gasteiger partial charge in [0.05, 0.1) is 11.5 Å². The molecule has 2 bridgehead atoms. The minimum atomic E-state index is -0.269. The Morgan fingerprint density at radius 2 is 1.52 bits per heavy atom. The summed E-state index contributed by atoms with van der Waals surface area (Å²) < 4.78 is 6.80. The maximum absolute atomic E-state index is 13.7. The number of rotatable bonds is 0. The number of aliphatic hydroxyl groups excluding tert-OH is 1. The van der Waals surface area contributed by atoms with E-state index in [0.29, 0.717) is 29.6 Å². The van der Waals surface area contributed by atoms with Gasteiger partial charge in [-0.3, -0.25) is 4.79 Å². The van der Waals surface area contributed by atoms with Crippen LogP contribution in [-0.4, -0.2) is 22.8 Å². The van der Waals surface area contributed by atoms with Gasteiger partial charge in [0.1, 0.15) is 5.60 Å². The lowest BCUT2D eigenvalue weighted by Gasteiger charge is -2.74. The Morgan fingerprint density at radius 1 is 0.818 bits per heavy atom. The molecule has 33 heavy (non-hydrogen) atoms. The molecule has 5 saturated carbocycles. The highest BCUT2D eigenvalue weighted by Crippen LogP contribution is 2.80. The summed E-state index contributed by atoms with van der Waals surface area (Å²) in [5.41, 5.74) is 0.0122. The number of esters is 1. The van der Waals surface area contributed by atoms with Crippen LogP contribution in [0, 0.1) is 56.7 Å². The normalized spacial score (nSPS) is 61.3. The van der Waals surface area contributed by atoms with Crippen molar-refractivity contribution in [2.24, 2.45) is 56.7 Å². The van der Waals surface area contributed by atoms with Crippen LogP contribution in [0.3, 0.4) is 0 Å². The van der Waals surface area contributed by atoms with Gasteiger partial charge in [-0.2, -0.15) is 0 Å². The van der Waals surface area contributed by atoms with Crippen LogP contribution in [0.15, 0.2) is 0 Å². The van der Waals surface area contributed by atoms with Gasteiger partial charge >= 0.3 is 5.97 Å². The highest BCUT2D eigenvalue weighted by atomic mass is 16.6. The lowest BCUT2D eigenvalue weighted by atomic mass is 9.30. The van der Waals surface area contributed by atoms with Crippen molar-refractivity contribution in [2.75, 3.05) is 0 Å². The third-order valence-corrected chi connectivity index (χ3v) is 14.3. The summed E-state index contributed by atoms with van der Waals surface area (Å²) in [7, 11) is 0. The van der Waals surface area contributed by atoms with Gasteiger partial charge in [-0.05, 0) is 104 Å². The van der Waals surface area contributed by atoms with Crippen molar-refractivity contribution >= 4 is 5.97 Å². The summed E-state index contributed by atoms with van der Waals surface area (Å²) >= 11 is 0. The van der Waals surface area contributed by atoms with Crippen LogP contribution < -0.4 is 0 Å². The van der Waals surface area contributed by atoms with Gasteiger partial charge < -0.3 is 9.84 Å². The Labute approximate surface area is 201 Å². The zero-order chi connectivity index (χ0) is 23.8. The number of aliphatic hydroxyl groups is 1. The topological polar surface area (TPSA) is 46.5 Å². The highest BCUT2D eigenvalue weighted by Gasteiger charge is 2.81. The van der Waals surface area contributed by atoms with Crippen LogP contribution in [0.1, 0.15) is 113 Å². The van der Waals surface area contributed by atoms with Crippen molar-refractivity contribution in [3.8, 4) is 0 Å². The molecule has 6 rings (SSSR count). The zero-order valence-electron chi connectivity index (χ0n) is 22.3. The molecule has 0 radical (unpaired) electrons. The Bertz CT molecular complexity index is 880. The average molecular weight is 457 g/mol. The van der Waals surface area contributed by atoms with Crippen molar-refractivity contribution in [1.29, 1.82) is 0 Å². The van der Waals surface area contributed by atoms with Gasteiger partial charge in [-0.1, -0.05) is 48.5 Å². The largest absolute Gasteiger partial charge is 0.458 e. The fourth-order valence-electron chi connectivity index (χ4n) is 12.1. The fourth-order valence-corrected chi connectivity index (χ4v) is 12.1. The molecule has 1 saturated heterocycles. The van der Waals surface area contributed by atoms with Crippen LogP contribution in [0.4, 0.5) is 0 Å². The Morgan fingerprint density at radius 3 is 2.24 bits per heavy atom. The van der Waals surface area contributed by atoms with Crippen molar-refractivity contribution in [2.45, 2.75) is 124 Å². The molecule has 0 aromatic heterocycles. The molecule has 1 N–H and O–H groups in total. The molecular formula is C30H48O3. The number of carbonyl (C=O) groups excluding carboxylic acids is 1. The van der Waals surface area contributed by atoms with Gasteiger partial charge in [0.2, 0.25) is 0 Å². The van der Waals surface area contributed by atoms with Crippen LogP contribution >= 0.6 is 0 Å². The molecule has 3 nitrogen and oxygen atoms in total. The van der Waals surface area contributed by atoms with Gasteiger partial charge in [0.25, 0.3) is 0 Å². The van der Waals surface area contributed by atoms with Crippen LogP contribution in [0.25, 0.3) is 0 Å². The first kappa shape index (κ1) is 22.9. The van der Waals surface area contributed by atoms with Gasteiger partial charge in [0, 0.05) is 11.3 Å². The minimum Gasteiger partial charge on any atom is -0.458 e. The zero-order valence-corrected chi connectivity index (χ0v) is 22.3. The monoisotopic (exact) mass is 456 g/mol. The summed E-state index contributed by atoms with van der Waals surface area (Å²) in [4.78, 5) is 13.7. The van der Waals surface area contributed by atoms with Gasteiger partial charge in [-0.15, -0.1) is 0 Å². The quantitative estimate of drug-likeness (QED) is 0.409. The number of ether oxygens (including phenoxy) is 1. The lowest BCUT2D eigenvalue weighted by molar-refractivity contribution is -0.289. The Hall–Kier alpha value is -0.570. The maximum Gasteiger partial charge on any atom is 0.313 e. The lowest BCUT2D eigenvalue weighted by Crippen LogP contribution is -2.72. The molecule has 0 unspecified atom stereocenters. The molecule has 6 aliphatic rings. The molecule has 1 aliphatic heterocycles. The van der Waals surface area contributed by atoms with Crippen molar-refractivity contribution in [3.63, 3.8) is 0 Å². The van der Waals surface area contributed by atoms with E-state index in [9.17, 15) is 9.90 Å². The van der Waals surface area contributed by atoms with E-state index < -0.39 is 0 Å². The maximum atomic E-state index is 13.7. The fraction of sp³-hybridized carbons (Fsp3) is 0.967. The second-order valence-corrected chi connectivity index (χ2v) is 15.1. The second-order valence-electron chi connectivity index (χ2n) is 15.1. The van der Waals surface area contributed by atoms with Crippen LogP contribution in [0.2, 0.25) is 0 Å². The molecule has 1 spiro atoms. The van der Waals surface area contributed by atoms with E-state index in [0.717, 1.165) is 38.5 Å². The first-order valence-corrected chi connectivity index (χ1v) is 14.2. The van der Waals surface area contributed by atoms with Gasteiger partial charge in [-0.25, -0.2) is 0 Å². The Kier molecular flexibility index (Phi) is 4.44. The van der Waals surface area contributed by atoms with E-state index in [1.165, 1.54) is 25.7 Å².